The molecule has 1 atom stereocenters. The van der Waals surface area contributed by atoms with Crippen molar-refractivity contribution < 1.29 is 9.47 Å². The van der Waals surface area contributed by atoms with Gasteiger partial charge in [-0.2, -0.15) is 0 Å². The molecule has 2 aromatic carbocycles. The van der Waals surface area contributed by atoms with Gasteiger partial charge in [0.1, 0.15) is 11.5 Å². The maximum atomic E-state index is 5.90. The van der Waals surface area contributed by atoms with Crippen molar-refractivity contribution in [2.75, 3.05) is 19.5 Å². The molecule has 0 fully saturated rings. The summed E-state index contributed by atoms with van der Waals surface area (Å²) >= 11 is 5.90. The van der Waals surface area contributed by atoms with Crippen LogP contribution in [0.3, 0.4) is 0 Å². The molecular formula is C16H18ClNO2. The van der Waals surface area contributed by atoms with E-state index in [9.17, 15) is 0 Å². The predicted molar refractivity (Wildman–Crippen MR) is 83.0 cm³/mol. The normalized spacial score (nSPS) is 11.8. The Bertz CT molecular complexity index is 569. The van der Waals surface area contributed by atoms with Crippen molar-refractivity contribution in [3.8, 4) is 11.5 Å². The smallest absolute Gasteiger partial charge is 0.145 e. The van der Waals surface area contributed by atoms with Crippen LogP contribution in [0.1, 0.15) is 18.5 Å². The Morgan fingerprint density at radius 2 is 1.70 bits per heavy atom. The summed E-state index contributed by atoms with van der Waals surface area (Å²) in [6.07, 6.45) is 0. The van der Waals surface area contributed by atoms with Crippen LogP contribution in [0.4, 0.5) is 5.69 Å². The van der Waals surface area contributed by atoms with Crippen LogP contribution in [0.5, 0.6) is 11.5 Å². The van der Waals surface area contributed by atoms with Crippen LogP contribution in [-0.2, 0) is 0 Å². The van der Waals surface area contributed by atoms with Gasteiger partial charge in [0, 0.05) is 17.1 Å². The summed E-state index contributed by atoms with van der Waals surface area (Å²) in [5.41, 5.74) is 2.09. The zero-order valence-corrected chi connectivity index (χ0v) is 12.6. The number of hydrogen-bond donors (Lipinski definition) is 1. The van der Waals surface area contributed by atoms with Crippen LogP contribution in [-0.4, -0.2) is 14.2 Å². The predicted octanol–water partition coefficient (Wildman–Crippen LogP) is 4.53. The van der Waals surface area contributed by atoms with E-state index in [1.165, 1.54) is 0 Å². The summed E-state index contributed by atoms with van der Waals surface area (Å²) in [6, 6.07) is 13.7. The molecule has 0 aliphatic rings. The average molecular weight is 292 g/mol. The van der Waals surface area contributed by atoms with Crippen molar-refractivity contribution in [3.05, 3.63) is 53.1 Å². The summed E-state index contributed by atoms with van der Waals surface area (Å²) in [4.78, 5) is 0. The van der Waals surface area contributed by atoms with E-state index in [1.807, 2.05) is 42.5 Å². The van der Waals surface area contributed by atoms with Gasteiger partial charge in [-0.25, -0.2) is 0 Å². The van der Waals surface area contributed by atoms with Crippen LogP contribution in [0, 0.1) is 0 Å². The second kappa shape index (κ2) is 6.53. The largest absolute Gasteiger partial charge is 0.497 e. The minimum Gasteiger partial charge on any atom is -0.497 e. The summed E-state index contributed by atoms with van der Waals surface area (Å²) in [6.45, 7) is 2.09. The highest BCUT2D eigenvalue weighted by Crippen LogP contribution is 2.31. The number of methoxy groups -OCH3 is 2. The van der Waals surface area contributed by atoms with Gasteiger partial charge in [0.05, 0.1) is 19.9 Å². The fraction of sp³-hybridized carbons (Fsp3) is 0.250. The van der Waals surface area contributed by atoms with Crippen LogP contribution in [0.2, 0.25) is 5.02 Å². The monoisotopic (exact) mass is 291 g/mol. The third-order valence-corrected chi connectivity index (χ3v) is 3.40. The Balaban J connectivity index is 2.18. The average Bonchev–Trinajstić information content (AvgIpc) is 2.48. The van der Waals surface area contributed by atoms with Crippen molar-refractivity contribution in [2.24, 2.45) is 0 Å². The highest BCUT2D eigenvalue weighted by atomic mass is 35.5. The van der Waals surface area contributed by atoms with E-state index < -0.39 is 0 Å². The zero-order chi connectivity index (χ0) is 14.5. The lowest BCUT2D eigenvalue weighted by atomic mass is 10.1. The Kier molecular flexibility index (Phi) is 4.74. The molecule has 20 heavy (non-hydrogen) atoms. The van der Waals surface area contributed by atoms with Crippen molar-refractivity contribution in [1.29, 1.82) is 0 Å². The lowest BCUT2D eigenvalue weighted by Gasteiger charge is -2.18. The van der Waals surface area contributed by atoms with Crippen molar-refractivity contribution in [1.82, 2.24) is 0 Å². The first-order valence-electron chi connectivity index (χ1n) is 6.38. The molecule has 0 saturated carbocycles. The number of hydrogen-bond acceptors (Lipinski definition) is 3. The molecule has 1 N–H and O–H groups in total. The molecule has 3 nitrogen and oxygen atoms in total. The van der Waals surface area contributed by atoms with Gasteiger partial charge in [0.15, 0.2) is 0 Å². The maximum absolute atomic E-state index is 5.90. The van der Waals surface area contributed by atoms with Gasteiger partial charge in [-0.1, -0.05) is 23.7 Å². The van der Waals surface area contributed by atoms with Gasteiger partial charge in [-0.05, 0) is 36.8 Å². The molecule has 0 heterocycles. The molecule has 0 aliphatic carbocycles. The number of rotatable bonds is 5. The number of nitrogens with one attached hydrogen (secondary N) is 1. The standard InChI is InChI=1S/C16H18ClNO2/c1-11(12-4-6-13(17)7-5-12)18-15-9-8-14(19-2)10-16(15)20-3/h4-11,18H,1-3H3. The Morgan fingerprint density at radius 3 is 2.30 bits per heavy atom. The first kappa shape index (κ1) is 14.5. The summed E-state index contributed by atoms with van der Waals surface area (Å²) in [5, 5.41) is 4.16. The Hall–Kier alpha value is -1.87. The fourth-order valence-electron chi connectivity index (χ4n) is 1.99. The maximum Gasteiger partial charge on any atom is 0.145 e. The van der Waals surface area contributed by atoms with Crippen molar-refractivity contribution in [3.63, 3.8) is 0 Å². The minimum absolute atomic E-state index is 0.148. The molecule has 4 heteroatoms. The molecule has 1 unspecified atom stereocenters. The topological polar surface area (TPSA) is 30.5 Å². The lowest BCUT2D eigenvalue weighted by Crippen LogP contribution is -2.07. The first-order valence-corrected chi connectivity index (χ1v) is 6.76. The summed E-state index contributed by atoms with van der Waals surface area (Å²) in [5.74, 6) is 1.52. The molecular weight excluding hydrogens is 274 g/mol. The van der Waals surface area contributed by atoms with Crippen LogP contribution in [0.15, 0.2) is 42.5 Å². The first-order chi connectivity index (χ1) is 9.63. The third-order valence-electron chi connectivity index (χ3n) is 3.15. The zero-order valence-electron chi connectivity index (χ0n) is 11.8. The van der Waals surface area contributed by atoms with Crippen molar-refractivity contribution in [2.45, 2.75) is 13.0 Å². The van der Waals surface area contributed by atoms with E-state index in [-0.39, 0.29) is 6.04 Å². The molecule has 0 aromatic heterocycles. The lowest BCUT2D eigenvalue weighted by molar-refractivity contribution is 0.395. The second-order valence-electron chi connectivity index (χ2n) is 4.48. The quantitative estimate of drug-likeness (QED) is 0.878. The van der Waals surface area contributed by atoms with Gasteiger partial charge < -0.3 is 14.8 Å². The summed E-state index contributed by atoms with van der Waals surface area (Å²) < 4.78 is 10.6. The van der Waals surface area contributed by atoms with Gasteiger partial charge in [0.2, 0.25) is 0 Å². The minimum atomic E-state index is 0.148. The van der Waals surface area contributed by atoms with E-state index in [0.717, 1.165) is 27.8 Å². The molecule has 0 amide bonds. The number of halogens is 1. The van der Waals surface area contributed by atoms with Crippen LogP contribution in [0.25, 0.3) is 0 Å². The third kappa shape index (κ3) is 3.36. The number of anilines is 1. The molecule has 0 spiro atoms. The number of ether oxygens (including phenoxy) is 2. The van der Waals surface area contributed by atoms with Crippen LogP contribution < -0.4 is 14.8 Å². The van der Waals surface area contributed by atoms with Gasteiger partial charge in [-0.15, -0.1) is 0 Å². The van der Waals surface area contributed by atoms with Gasteiger partial charge in [-0.3, -0.25) is 0 Å². The number of benzene rings is 2. The van der Waals surface area contributed by atoms with E-state index >= 15 is 0 Å². The molecule has 2 rings (SSSR count). The molecule has 2 aromatic rings. The Labute approximate surface area is 124 Å². The fourth-order valence-corrected chi connectivity index (χ4v) is 2.11. The van der Waals surface area contributed by atoms with Crippen molar-refractivity contribution >= 4 is 17.3 Å². The molecule has 0 radical (unpaired) electrons. The van der Waals surface area contributed by atoms with E-state index in [1.54, 1.807) is 14.2 Å². The molecule has 0 bridgehead atoms. The SMILES string of the molecule is COc1ccc(NC(C)c2ccc(Cl)cc2)c(OC)c1. The Morgan fingerprint density at radius 1 is 1.00 bits per heavy atom. The highest BCUT2D eigenvalue weighted by Gasteiger charge is 2.10. The second-order valence-corrected chi connectivity index (χ2v) is 4.92. The van der Waals surface area contributed by atoms with Gasteiger partial charge >= 0.3 is 0 Å². The molecule has 0 saturated heterocycles. The van der Waals surface area contributed by atoms with E-state index in [0.29, 0.717) is 0 Å². The van der Waals surface area contributed by atoms with E-state index in [2.05, 4.69) is 12.2 Å². The highest BCUT2D eigenvalue weighted by molar-refractivity contribution is 6.30. The molecule has 106 valence electrons. The summed E-state index contributed by atoms with van der Waals surface area (Å²) in [7, 11) is 3.28. The van der Waals surface area contributed by atoms with Gasteiger partial charge in [0.25, 0.3) is 0 Å². The van der Waals surface area contributed by atoms with E-state index in [4.69, 9.17) is 21.1 Å². The van der Waals surface area contributed by atoms with Crippen LogP contribution >= 0.6 is 11.6 Å². The molecule has 0 aliphatic heterocycles.